The van der Waals surface area contributed by atoms with Gasteiger partial charge in [0.1, 0.15) is 35.6 Å². The smallest absolute Gasteiger partial charge is 0.343 e. The van der Waals surface area contributed by atoms with Crippen molar-refractivity contribution in [1.82, 2.24) is 14.4 Å². The van der Waals surface area contributed by atoms with Crippen molar-refractivity contribution in [2.45, 2.75) is 231 Å². The fourth-order valence-electron chi connectivity index (χ4n) is 12.2. The van der Waals surface area contributed by atoms with E-state index >= 15 is 0 Å². The van der Waals surface area contributed by atoms with Crippen molar-refractivity contribution >= 4 is 22.8 Å². The van der Waals surface area contributed by atoms with Gasteiger partial charge in [0.25, 0.3) is 0 Å². The van der Waals surface area contributed by atoms with Crippen LogP contribution in [-0.2, 0) is 60.4 Å². The highest BCUT2D eigenvalue weighted by Crippen LogP contribution is 2.41. The number of rotatable bonds is 20. The highest BCUT2D eigenvalue weighted by molar-refractivity contribution is 5.94. The summed E-state index contributed by atoms with van der Waals surface area (Å²) in [5.41, 5.74) is -2.96. The molecule has 0 radical (unpaired) electrons. The Bertz CT molecular complexity index is 2280. The van der Waals surface area contributed by atoms with Crippen LogP contribution in [0, 0.1) is 17.8 Å². The molecule has 19 nitrogen and oxygen atoms in total. The normalized spacial score (nSPS) is 37.0. The van der Waals surface area contributed by atoms with Gasteiger partial charge in [-0.05, 0) is 139 Å². The van der Waals surface area contributed by atoms with Crippen molar-refractivity contribution in [2.75, 3.05) is 61.2 Å². The van der Waals surface area contributed by atoms with Crippen molar-refractivity contribution in [3.63, 3.8) is 0 Å². The number of carbonyl (C=O) groups excluding carboxylic acids is 2. The molecular formula is C59H99N3O16. The molecule has 3 saturated heterocycles. The minimum atomic E-state index is -1.84. The highest BCUT2D eigenvalue weighted by atomic mass is 16.7. The van der Waals surface area contributed by atoms with E-state index in [0.29, 0.717) is 44.3 Å². The molecule has 0 saturated carbocycles. The van der Waals surface area contributed by atoms with Gasteiger partial charge in [0.05, 0.1) is 66.9 Å². The number of carbonyl (C=O) groups is 2. The van der Waals surface area contributed by atoms with Crippen LogP contribution in [0.2, 0.25) is 0 Å². The van der Waals surface area contributed by atoms with Crippen LogP contribution in [-0.4, -0.2) is 198 Å². The van der Waals surface area contributed by atoms with Crippen LogP contribution in [0.3, 0.4) is 0 Å². The minimum absolute atomic E-state index is 0.0343. The number of cyclic esters (lactones) is 1. The SMILES string of the molecule is CCCCn1cc(C(=O)OCC)c(=O)c2cc(CCCOCCO[C@H]3[C@H](C)OC(O[C@H]4[C@H](C)[C@@H](O[C@@H]5O[C@H](C)C[C@H](N(C)C)[C@H]5O)[C@](C)(O)C[C@@H](C)CN(C)[C@H](C)[C@H](O)[C@](C)(O)[C@@H](CC)OC(=O)[C@@H]4C)C[C@@]3(C)OC)ccc21. The topological polar surface area (TPSA) is 227 Å². The number of aliphatic hydroxyl groups excluding tert-OH is 2. The standard InChI is InChI=1S/C59H99N3O16/c1-17-20-25-62-34-43(55(67)72-19-3)48(63)42-30-41(23-24-44(42)62)22-21-26-71-27-28-73-53-40(9)75-47(32-58(53,11)70-16)77-50-37(6)52(78-56-49(64)45(60(13)14)29-36(5)74-56)57(10,68)31-35(4)33-61(15)39(8)51(65)59(12,69)46(18-2)76-54(66)38(50)7/h23-24,30,34-40,45-47,49-53,56,64-65,68-69H,17-22,25-29,31-33H2,1-16H3/t35-,36-,37+,38-,39-,40+,45+,46-,47?,49-,50+,51+,52-,53+,56+,57-,58-,59-/m1/s1. The second-order valence-corrected chi connectivity index (χ2v) is 23.7. The third-order valence-electron chi connectivity index (χ3n) is 16.8. The quantitative estimate of drug-likeness (QED) is 0.0899. The van der Waals surface area contributed by atoms with E-state index in [1.165, 1.54) is 6.92 Å². The summed E-state index contributed by atoms with van der Waals surface area (Å²) in [6, 6.07) is 4.95. The predicted molar refractivity (Wildman–Crippen MR) is 296 cm³/mol. The second-order valence-electron chi connectivity index (χ2n) is 23.7. The predicted octanol–water partition coefficient (Wildman–Crippen LogP) is 5.87. The van der Waals surface area contributed by atoms with Gasteiger partial charge in [-0.1, -0.05) is 40.2 Å². The third kappa shape index (κ3) is 15.9. The minimum Gasteiger partial charge on any atom is -0.462 e. The van der Waals surface area contributed by atoms with Gasteiger partial charge in [0, 0.05) is 62.8 Å². The zero-order valence-electron chi connectivity index (χ0n) is 49.9. The number of hydrogen-bond donors (Lipinski definition) is 4. The first-order valence-electron chi connectivity index (χ1n) is 28.7. The fraction of sp³-hybridized carbons (Fsp3) is 0.814. The number of aryl methyl sites for hydroxylation is 2. The molecule has 1 unspecified atom stereocenters. The molecule has 4 heterocycles. The van der Waals surface area contributed by atoms with Gasteiger partial charge in [-0.15, -0.1) is 0 Å². The van der Waals surface area contributed by atoms with Gasteiger partial charge in [0.2, 0.25) is 5.43 Å². The molecule has 446 valence electrons. The van der Waals surface area contributed by atoms with Gasteiger partial charge in [-0.25, -0.2) is 4.79 Å². The van der Waals surface area contributed by atoms with Crippen LogP contribution in [0.5, 0.6) is 0 Å². The molecule has 3 aliphatic heterocycles. The lowest BCUT2D eigenvalue weighted by Crippen LogP contribution is -2.61. The van der Waals surface area contributed by atoms with Crippen LogP contribution in [0.25, 0.3) is 10.9 Å². The number of aromatic nitrogens is 1. The number of benzene rings is 1. The summed E-state index contributed by atoms with van der Waals surface area (Å²) in [6.07, 6.45) is -3.21. The Morgan fingerprint density at radius 3 is 2.26 bits per heavy atom. The molecule has 18 atom stereocenters. The summed E-state index contributed by atoms with van der Waals surface area (Å²) in [5.74, 6) is -3.33. The van der Waals surface area contributed by atoms with Gasteiger partial charge < -0.3 is 77.4 Å². The zero-order chi connectivity index (χ0) is 58.0. The number of pyridine rings is 1. The van der Waals surface area contributed by atoms with E-state index in [0.717, 1.165) is 23.9 Å². The van der Waals surface area contributed by atoms with E-state index in [1.807, 2.05) is 88.3 Å². The number of esters is 2. The molecule has 0 bridgehead atoms. The second kappa shape index (κ2) is 28.7. The Balaban J connectivity index is 1.33. The number of unbranched alkanes of at least 4 members (excludes halogenated alkanes) is 1. The summed E-state index contributed by atoms with van der Waals surface area (Å²) in [7, 11) is 7.22. The summed E-state index contributed by atoms with van der Waals surface area (Å²) >= 11 is 0. The first-order valence-corrected chi connectivity index (χ1v) is 28.7. The number of fused-ring (bicyclic) bond motifs is 1. The van der Waals surface area contributed by atoms with Crippen LogP contribution >= 0.6 is 0 Å². The number of likely N-dealkylation sites (N-methyl/N-ethyl adjacent to an activating group) is 2. The van der Waals surface area contributed by atoms with Gasteiger partial charge >= 0.3 is 11.9 Å². The molecule has 3 aliphatic rings. The van der Waals surface area contributed by atoms with E-state index in [-0.39, 0.29) is 68.1 Å². The number of ether oxygens (including phenoxy) is 9. The maximum atomic E-state index is 14.6. The molecule has 19 heteroatoms. The monoisotopic (exact) mass is 1110 g/mol. The summed E-state index contributed by atoms with van der Waals surface area (Å²) < 4.78 is 58.8. The lowest BCUT2D eigenvalue weighted by Gasteiger charge is -2.49. The maximum absolute atomic E-state index is 14.6. The Morgan fingerprint density at radius 1 is 0.910 bits per heavy atom. The van der Waals surface area contributed by atoms with Gasteiger partial charge in [-0.2, -0.15) is 0 Å². The summed E-state index contributed by atoms with van der Waals surface area (Å²) in [6.45, 7) is 24.0. The third-order valence-corrected chi connectivity index (χ3v) is 16.8. The van der Waals surface area contributed by atoms with Crippen molar-refractivity contribution in [3.8, 4) is 0 Å². The molecular weight excluding hydrogens is 1010 g/mol. The molecule has 0 aliphatic carbocycles. The Morgan fingerprint density at radius 2 is 1.62 bits per heavy atom. The molecule has 5 rings (SSSR count). The number of aliphatic hydroxyl groups is 4. The summed E-state index contributed by atoms with van der Waals surface area (Å²) in [5, 5.41) is 48.7. The Labute approximate surface area is 464 Å². The molecule has 4 N–H and O–H groups in total. The first kappa shape index (κ1) is 65.7. The molecule has 3 fully saturated rings. The largest absolute Gasteiger partial charge is 0.462 e. The molecule has 1 aromatic heterocycles. The molecule has 0 spiro atoms. The van der Waals surface area contributed by atoms with Crippen molar-refractivity contribution < 1.29 is 72.6 Å². The maximum Gasteiger partial charge on any atom is 0.343 e. The first-order chi connectivity index (χ1) is 36.6. The van der Waals surface area contributed by atoms with Crippen molar-refractivity contribution in [2.24, 2.45) is 17.8 Å². The van der Waals surface area contributed by atoms with Crippen molar-refractivity contribution in [3.05, 3.63) is 45.7 Å². The molecule has 1 aromatic carbocycles. The van der Waals surface area contributed by atoms with Gasteiger partial charge in [-0.3, -0.25) is 9.59 Å². The van der Waals surface area contributed by atoms with Crippen LogP contribution in [0.15, 0.2) is 29.2 Å². The number of nitrogens with zero attached hydrogens (tertiary/aromatic N) is 3. The van der Waals surface area contributed by atoms with E-state index in [2.05, 4.69) is 6.92 Å². The van der Waals surface area contributed by atoms with E-state index in [9.17, 15) is 34.8 Å². The highest BCUT2D eigenvalue weighted by Gasteiger charge is 2.53. The Hall–Kier alpha value is -3.15. The number of hydrogen-bond acceptors (Lipinski definition) is 18. The zero-order valence-corrected chi connectivity index (χ0v) is 49.9. The molecule has 0 amide bonds. The average molecular weight is 1110 g/mol. The Kier molecular flexibility index (Phi) is 24.2. The van der Waals surface area contributed by atoms with Crippen LogP contribution < -0.4 is 5.43 Å². The van der Waals surface area contributed by atoms with Crippen molar-refractivity contribution in [1.29, 1.82) is 0 Å². The average Bonchev–Trinajstić information content (AvgIpc) is 3.42. The van der Waals surface area contributed by atoms with E-state index in [1.54, 1.807) is 47.9 Å². The lowest BCUT2D eigenvalue weighted by molar-refractivity contribution is -0.321. The van der Waals surface area contributed by atoms with Crippen LogP contribution in [0.1, 0.15) is 144 Å². The van der Waals surface area contributed by atoms with Gasteiger partial charge in [0.15, 0.2) is 12.6 Å². The van der Waals surface area contributed by atoms with E-state index < -0.39 is 102 Å². The summed E-state index contributed by atoms with van der Waals surface area (Å²) in [4.78, 5) is 44.7. The van der Waals surface area contributed by atoms with Crippen LogP contribution in [0.4, 0.5) is 0 Å². The molecule has 78 heavy (non-hydrogen) atoms. The lowest BCUT2D eigenvalue weighted by atomic mass is 9.77. The fourth-order valence-corrected chi connectivity index (χ4v) is 12.2. The number of methoxy groups -OCH3 is 1. The van der Waals surface area contributed by atoms with E-state index in [4.69, 9.17) is 42.6 Å². The molecule has 2 aromatic rings.